The summed E-state index contributed by atoms with van der Waals surface area (Å²) in [4.78, 5) is 0. The summed E-state index contributed by atoms with van der Waals surface area (Å²) in [6.45, 7) is 15.6. The highest BCUT2D eigenvalue weighted by molar-refractivity contribution is 4.70. The lowest BCUT2D eigenvalue weighted by Crippen LogP contribution is -2.54. The normalized spacial score (nSPS) is 13.3. The standard InChI is InChI=1S/C14H30N3O/c1-5-7-15-9-11-17(4,13-14(3)18)12-10-16-8-6-2/h5-6,14-16,18H,1-2,7-13H2,3-4H3/q+1. The Morgan fingerprint density at radius 3 is 1.89 bits per heavy atom. The highest BCUT2D eigenvalue weighted by Gasteiger charge is 2.22. The lowest BCUT2D eigenvalue weighted by molar-refractivity contribution is -0.910. The van der Waals surface area contributed by atoms with Crippen LogP contribution in [0.25, 0.3) is 0 Å². The van der Waals surface area contributed by atoms with Gasteiger partial charge in [0.1, 0.15) is 12.6 Å². The maximum absolute atomic E-state index is 9.60. The van der Waals surface area contributed by atoms with Gasteiger partial charge in [-0.25, -0.2) is 0 Å². The van der Waals surface area contributed by atoms with Gasteiger partial charge in [0.15, 0.2) is 0 Å². The van der Waals surface area contributed by atoms with Gasteiger partial charge >= 0.3 is 0 Å². The number of quaternary nitrogens is 1. The molecule has 0 heterocycles. The molecule has 4 nitrogen and oxygen atoms in total. The highest BCUT2D eigenvalue weighted by atomic mass is 16.3. The van der Waals surface area contributed by atoms with Crippen molar-refractivity contribution in [3.63, 3.8) is 0 Å². The number of hydrogen-bond acceptors (Lipinski definition) is 3. The van der Waals surface area contributed by atoms with E-state index < -0.39 is 0 Å². The van der Waals surface area contributed by atoms with Crippen molar-refractivity contribution in [1.29, 1.82) is 0 Å². The number of aliphatic hydroxyl groups excluding tert-OH is 1. The van der Waals surface area contributed by atoms with Crippen molar-refractivity contribution in [3.05, 3.63) is 25.3 Å². The van der Waals surface area contributed by atoms with Crippen LogP contribution in [0, 0.1) is 0 Å². The molecule has 0 amide bonds. The van der Waals surface area contributed by atoms with Crippen molar-refractivity contribution in [1.82, 2.24) is 10.6 Å². The first-order chi connectivity index (χ1) is 8.54. The number of nitrogens with zero attached hydrogens (tertiary/aromatic N) is 1. The monoisotopic (exact) mass is 256 g/mol. The average molecular weight is 256 g/mol. The van der Waals surface area contributed by atoms with Crippen molar-refractivity contribution >= 4 is 0 Å². The molecule has 3 N–H and O–H groups in total. The van der Waals surface area contributed by atoms with Crippen LogP contribution in [0.2, 0.25) is 0 Å². The Bertz CT molecular complexity index is 213. The molecule has 0 aliphatic rings. The fraction of sp³-hybridized carbons (Fsp3) is 0.714. The largest absolute Gasteiger partial charge is 0.388 e. The van der Waals surface area contributed by atoms with Gasteiger partial charge in [-0.15, -0.1) is 13.2 Å². The van der Waals surface area contributed by atoms with Gasteiger partial charge < -0.3 is 20.2 Å². The lowest BCUT2D eigenvalue weighted by atomic mass is 10.3. The number of nitrogens with one attached hydrogen (secondary N) is 2. The first-order valence-electron chi connectivity index (χ1n) is 6.69. The molecule has 0 saturated carbocycles. The van der Waals surface area contributed by atoms with Gasteiger partial charge in [0.05, 0.1) is 20.1 Å². The molecular weight excluding hydrogens is 226 g/mol. The summed E-state index contributed by atoms with van der Waals surface area (Å²) < 4.78 is 0.867. The SMILES string of the molecule is C=CCNCC[N+](C)(CCNCC=C)CC(C)O. The zero-order chi connectivity index (χ0) is 13.9. The molecule has 0 aromatic rings. The van der Waals surface area contributed by atoms with Crippen LogP contribution in [0.5, 0.6) is 0 Å². The summed E-state index contributed by atoms with van der Waals surface area (Å²) in [5, 5.41) is 16.2. The van der Waals surface area contributed by atoms with Crippen molar-refractivity contribution in [2.45, 2.75) is 13.0 Å². The van der Waals surface area contributed by atoms with Gasteiger partial charge in [-0.1, -0.05) is 12.2 Å². The Kier molecular flexibility index (Phi) is 9.87. The zero-order valence-electron chi connectivity index (χ0n) is 12.0. The molecule has 0 aliphatic heterocycles. The van der Waals surface area contributed by atoms with Gasteiger partial charge in [-0.05, 0) is 6.92 Å². The zero-order valence-corrected chi connectivity index (χ0v) is 12.0. The van der Waals surface area contributed by atoms with E-state index in [2.05, 4.69) is 30.8 Å². The summed E-state index contributed by atoms with van der Waals surface area (Å²) in [5.74, 6) is 0. The molecule has 1 unspecified atom stereocenters. The quantitative estimate of drug-likeness (QED) is 0.268. The molecule has 18 heavy (non-hydrogen) atoms. The molecule has 0 aromatic carbocycles. The van der Waals surface area contributed by atoms with Crippen molar-refractivity contribution in [2.75, 3.05) is 52.9 Å². The summed E-state index contributed by atoms with van der Waals surface area (Å²) in [7, 11) is 2.19. The Morgan fingerprint density at radius 1 is 1.11 bits per heavy atom. The van der Waals surface area contributed by atoms with Crippen LogP contribution in [-0.4, -0.2) is 68.6 Å². The van der Waals surface area contributed by atoms with Gasteiger partial charge in [-0.3, -0.25) is 0 Å². The van der Waals surface area contributed by atoms with E-state index in [0.29, 0.717) is 0 Å². The van der Waals surface area contributed by atoms with Crippen LogP contribution in [0.3, 0.4) is 0 Å². The van der Waals surface area contributed by atoms with Gasteiger partial charge in [0.25, 0.3) is 0 Å². The van der Waals surface area contributed by atoms with Crippen LogP contribution in [0.15, 0.2) is 25.3 Å². The van der Waals surface area contributed by atoms with Gasteiger partial charge in [-0.2, -0.15) is 0 Å². The Hall–Kier alpha value is -0.680. The van der Waals surface area contributed by atoms with Crippen LogP contribution >= 0.6 is 0 Å². The first kappa shape index (κ1) is 17.3. The second kappa shape index (κ2) is 10.3. The third-order valence-corrected chi connectivity index (χ3v) is 2.94. The predicted octanol–water partition coefficient (Wildman–Crippen LogP) is 0.365. The third kappa shape index (κ3) is 9.36. The van der Waals surface area contributed by atoms with Crippen LogP contribution in [0.1, 0.15) is 6.92 Å². The lowest BCUT2D eigenvalue weighted by Gasteiger charge is -2.35. The third-order valence-electron chi connectivity index (χ3n) is 2.94. The maximum Gasteiger partial charge on any atom is 0.105 e. The Labute approximate surface area is 112 Å². The first-order valence-corrected chi connectivity index (χ1v) is 6.69. The van der Waals surface area contributed by atoms with E-state index in [1.807, 2.05) is 19.1 Å². The minimum Gasteiger partial charge on any atom is -0.388 e. The van der Waals surface area contributed by atoms with E-state index >= 15 is 0 Å². The van der Waals surface area contributed by atoms with Crippen LogP contribution in [0.4, 0.5) is 0 Å². The average Bonchev–Trinajstić information content (AvgIpc) is 2.30. The Morgan fingerprint density at radius 2 is 1.56 bits per heavy atom. The summed E-state index contributed by atoms with van der Waals surface area (Å²) in [5.41, 5.74) is 0. The second-order valence-corrected chi connectivity index (χ2v) is 5.08. The number of hydrogen-bond donors (Lipinski definition) is 3. The van der Waals surface area contributed by atoms with Crippen molar-refractivity contribution in [2.24, 2.45) is 0 Å². The van der Waals surface area contributed by atoms with E-state index in [1.54, 1.807) is 0 Å². The summed E-state index contributed by atoms with van der Waals surface area (Å²) >= 11 is 0. The van der Waals surface area contributed by atoms with Crippen LogP contribution in [-0.2, 0) is 0 Å². The summed E-state index contributed by atoms with van der Waals surface area (Å²) in [6, 6.07) is 0. The molecule has 106 valence electrons. The molecule has 0 radical (unpaired) electrons. The summed E-state index contributed by atoms with van der Waals surface area (Å²) in [6.07, 6.45) is 3.46. The predicted molar refractivity (Wildman–Crippen MR) is 78.6 cm³/mol. The number of rotatable bonds is 12. The molecule has 0 aliphatic carbocycles. The van der Waals surface area contributed by atoms with Crippen molar-refractivity contribution in [3.8, 4) is 0 Å². The molecule has 0 rings (SSSR count). The minimum absolute atomic E-state index is 0.270. The molecule has 1 atom stereocenters. The van der Waals surface area contributed by atoms with E-state index in [0.717, 1.165) is 50.3 Å². The van der Waals surface area contributed by atoms with E-state index in [4.69, 9.17) is 0 Å². The molecule has 0 fully saturated rings. The molecule has 0 aromatic heterocycles. The Balaban J connectivity index is 4.06. The maximum atomic E-state index is 9.60. The van der Waals surface area contributed by atoms with E-state index in [1.165, 1.54) is 0 Å². The molecule has 0 saturated heterocycles. The molecular formula is C14H30N3O+. The minimum atomic E-state index is -0.270. The number of likely N-dealkylation sites (N-methyl/N-ethyl adjacent to an activating group) is 1. The van der Waals surface area contributed by atoms with Gasteiger partial charge in [0.2, 0.25) is 0 Å². The highest BCUT2D eigenvalue weighted by Crippen LogP contribution is 2.03. The second-order valence-electron chi connectivity index (χ2n) is 5.08. The fourth-order valence-corrected chi connectivity index (χ4v) is 2.04. The smallest absolute Gasteiger partial charge is 0.105 e. The topological polar surface area (TPSA) is 44.3 Å². The van der Waals surface area contributed by atoms with Gasteiger partial charge in [0, 0.05) is 26.2 Å². The molecule has 0 bridgehead atoms. The molecule has 0 spiro atoms. The fourth-order valence-electron chi connectivity index (χ4n) is 2.04. The number of aliphatic hydroxyl groups is 1. The van der Waals surface area contributed by atoms with E-state index in [-0.39, 0.29) is 6.10 Å². The van der Waals surface area contributed by atoms with E-state index in [9.17, 15) is 5.11 Å². The molecule has 4 heteroatoms. The van der Waals surface area contributed by atoms with Crippen LogP contribution < -0.4 is 10.6 Å². The van der Waals surface area contributed by atoms with Crippen molar-refractivity contribution < 1.29 is 9.59 Å².